The molecular weight excluding hydrogens is 240 g/mol. The molecule has 0 aromatic heterocycles. The van der Waals surface area contributed by atoms with Crippen LogP contribution in [-0.2, 0) is 4.74 Å². The molecule has 0 saturated carbocycles. The molecule has 3 atom stereocenters. The minimum absolute atomic E-state index is 0.156. The van der Waals surface area contributed by atoms with Crippen LogP contribution < -0.4 is 4.90 Å². The Labute approximate surface area is 114 Å². The lowest BCUT2D eigenvalue weighted by Crippen LogP contribution is -2.47. The highest BCUT2D eigenvalue weighted by molar-refractivity contribution is 5.59. The molecule has 4 nitrogen and oxygen atoms in total. The van der Waals surface area contributed by atoms with Gasteiger partial charge in [-0.1, -0.05) is 6.07 Å². The van der Waals surface area contributed by atoms with Gasteiger partial charge in [0.1, 0.15) is 0 Å². The molecule has 0 radical (unpaired) electrons. The van der Waals surface area contributed by atoms with Crippen molar-refractivity contribution in [2.24, 2.45) is 0 Å². The Morgan fingerprint density at radius 1 is 1.47 bits per heavy atom. The van der Waals surface area contributed by atoms with Crippen molar-refractivity contribution in [2.45, 2.75) is 39.0 Å². The first kappa shape index (κ1) is 13.9. The third-order valence-electron chi connectivity index (χ3n) is 3.53. The van der Waals surface area contributed by atoms with Crippen LogP contribution in [0.3, 0.4) is 0 Å². The Hall–Kier alpha value is -1.57. The Bertz CT molecular complexity index is 493. The number of morpholine rings is 1. The molecule has 2 rings (SSSR count). The van der Waals surface area contributed by atoms with Gasteiger partial charge in [-0.2, -0.15) is 5.26 Å². The molecule has 0 spiro atoms. The zero-order valence-electron chi connectivity index (χ0n) is 11.6. The van der Waals surface area contributed by atoms with E-state index in [1.165, 1.54) is 0 Å². The molecule has 1 aliphatic rings. The van der Waals surface area contributed by atoms with Gasteiger partial charge in [0.2, 0.25) is 0 Å². The van der Waals surface area contributed by atoms with Crippen LogP contribution in [0.5, 0.6) is 0 Å². The van der Waals surface area contributed by atoms with Gasteiger partial charge in [0.15, 0.2) is 0 Å². The number of hydrogen-bond acceptors (Lipinski definition) is 4. The summed E-state index contributed by atoms with van der Waals surface area (Å²) in [7, 11) is 0. The average Bonchev–Trinajstić information content (AvgIpc) is 2.40. The molecule has 0 bridgehead atoms. The minimum atomic E-state index is -0.548. The lowest BCUT2D eigenvalue weighted by molar-refractivity contribution is 0.0341. The number of ether oxygens (including phenoxy) is 1. The lowest BCUT2D eigenvalue weighted by atomic mass is 10.0. The van der Waals surface area contributed by atoms with E-state index in [1.807, 2.05) is 19.1 Å². The molecule has 1 aromatic rings. The minimum Gasteiger partial charge on any atom is -0.389 e. The SMILES string of the molecule is CC1CN(c2cc(C#N)ccc2C(C)O)C(C)CO1. The number of rotatable bonds is 2. The van der Waals surface area contributed by atoms with E-state index >= 15 is 0 Å². The third kappa shape index (κ3) is 2.89. The first-order valence-corrected chi connectivity index (χ1v) is 6.63. The molecule has 1 N–H and O–H groups in total. The normalized spacial score (nSPS) is 24.9. The summed E-state index contributed by atoms with van der Waals surface area (Å²) in [5.41, 5.74) is 2.42. The van der Waals surface area contributed by atoms with Gasteiger partial charge in [-0.05, 0) is 32.9 Å². The van der Waals surface area contributed by atoms with Crippen LogP contribution >= 0.6 is 0 Å². The summed E-state index contributed by atoms with van der Waals surface area (Å²) < 4.78 is 5.63. The van der Waals surface area contributed by atoms with Crippen LogP contribution in [0.15, 0.2) is 18.2 Å². The second kappa shape index (κ2) is 5.60. The average molecular weight is 260 g/mol. The lowest BCUT2D eigenvalue weighted by Gasteiger charge is -2.39. The number of anilines is 1. The molecule has 3 unspecified atom stereocenters. The highest BCUT2D eigenvalue weighted by Gasteiger charge is 2.26. The number of benzene rings is 1. The van der Waals surface area contributed by atoms with E-state index in [0.717, 1.165) is 17.8 Å². The van der Waals surface area contributed by atoms with Gasteiger partial charge in [0.05, 0.1) is 30.4 Å². The number of hydrogen-bond donors (Lipinski definition) is 1. The van der Waals surface area contributed by atoms with Gasteiger partial charge in [-0.25, -0.2) is 0 Å². The largest absolute Gasteiger partial charge is 0.389 e. The van der Waals surface area contributed by atoms with E-state index in [4.69, 9.17) is 10.00 Å². The molecule has 1 fully saturated rings. The zero-order chi connectivity index (χ0) is 14.0. The topological polar surface area (TPSA) is 56.5 Å². The number of nitriles is 1. The van der Waals surface area contributed by atoms with Gasteiger partial charge in [0.25, 0.3) is 0 Å². The van der Waals surface area contributed by atoms with Crippen molar-refractivity contribution in [1.82, 2.24) is 0 Å². The molecule has 102 valence electrons. The van der Waals surface area contributed by atoms with E-state index in [9.17, 15) is 5.11 Å². The van der Waals surface area contributed by atoms with Crippen LogP contribution in [0.25, 0.3) is 0 Å². The summed E-state index contributed by atoms with van der Waals surface area (Å²) in [6, 6.07) is 7.84. The van der Waals surface area contributed by atoms with E-state index in [0.29, 0.717) is 12.2 Å². The fraction of sp³-hybridized carbons (Fsp3) is 0.533. The molecular formula is C15H20N2O2. The smallest absolute Gasteiger partial charge is 0.0992 e. The maximum atomic E-state index is 9.91. The van der Waals surface area contributed by atoms with E-state index in [2.05, 4.69) is 17.9 Å². The Kier molecular flexibility index (Phi) is 4.08. The number of aliphatic hydroxyl groups is 1. The third-order valence-corrected chi connectivity index (χ3v) is 3.53. The monoisotopic (exact) mass is 260 g/mol. The molecule has 19 heavy (non-hydrogen) atoms. The first-order valence-electron chi connectivity index (χ1n) is 6.63. The molecule has 1 saturated heterocycles. The van der Waals surface area contributed by atoms with E-state index in [-0.39, 0.29) is 12.1 Å². The van der Waals surface area contributed by atoms with Crippen molar-refractivity contribution in [3.63, 3.8) is 0 Å². The van der Waals surface area contributed by atoms with Crippen LogP contribution in [0.1, 0.15) is 38.0 Å². The second-order valence-electron chi connectivity index (χ2n) is 5.21. The predicted octanol–water partition coefficient (Wildman–Crippen LogP) is 2.23. The summed E-state index contributed by atoms with van der Waals surface area (Å²) in [6.45, 7) is 7.32. The van der Waals surface area contributed by atoms with Gasteiger partial charge in [-0.15, -0.1) is 0 Å². The van der Waals surface area contributed by atoms with Crippen LogP contribution in [-0.4, -0.2) is 30.4 Å². The van der Waals surface area contributed by atoms with Gasteiger partial charge < -0.3 is 14.7 Å². The van der Waals surface area contributed by atoms with Crippen molar-refractivity contribution < 1.29 is 9.84 Å². The molecule has 1 heterocycles. The second-order valence-corrected chi connectivity index (χ2v) is 5.21. The highest BCUT2D eigenvalue weighted by atomic mass is 16.5. The summed E-state index contributed by atoms with van der Waals surface area (Å²) in [4.78, 5) is 2.22. The van der Waals surface area contributed by atoms with Crippen LogP contribution in [0, 0.1) is 11.3 Å². The van der Waals surface area contributed by atoms with Crippen LogP contribution in [0.4, 0.5) is 5.69 Å². The van der Waals surface area contributed by atoms with E-state index < -0.39 is 6.10 Å². The zero-order valence-corrected chi connectivity index (χ0v) is 11.6. The number of aliphatic hydroxyl groups excluding tert-OH is 1. The molecule has 0 amide bonds. The predicted molar refractivity (Wildman–Crippen MR) is 74.0 cm³/mol. The maximum Gasteiger partial charge on any atom is 0.0992 e. The summed E-state index contributed by atoms with van der Waals surface area (Å²) in [5, 5.41) is 19.0. The van der Waals surface area contributed by atoms with Gasteiger partial charge >= 0.3 is 0 Å². The van der Waals surface area contributed by atoms with Crippen molar-refractivity contribution in [2.75, 3.05) is 18.1 Å². The molecule has 0 aliphatic carbocycles. The van der Waals surface area contributed by atoms with E-state index in [1.54, 1.807) is 13.0 Å². The molecule has 1 aromatic carbocycles. The van der Waals surface area contributed by atoms with Crippen LogP contribution in [0.2, 0.25) is 0 Å². The summed E-state index contributed by atoms with van der Waals surface area (Å²) in [5.74, 6) is 0. The summed E-state index contributed by atoms with van der Waals surface area (Å²) in [6.07, 6.45) is -0.392. The first-order chi connectivity index (χ1) is 9.02. The van der Waals surface area contributed by atoms with Crippen molar-refractivity contribution in [1.29, 1.82) is 5.26 Å². The Balaban J connectivity index is 2.43. The number of nitrogens with zero attached hydrogens (tertiary/aromatic N) is 2. The van der Waals surface area contributed by atoms with Crippen molar-refractivity contribution in [3.05, 3.63) is 29.3 Å². The fourth-order valence-electron chi connectivity index (χ4n) is 2.45. The molecule has 1 aliphatic heterocycles. The Morgan fingerprint density at radius 2 is 2.21 bits per heavy atom. The highest BCUT2D eigenvalue weighted by Crippen LogP contribution is 2.30. The Morgan fingerprint density at radius 3 is 2.84 bits per heavy atom. The van der Waals surface area contributed by atoms with Crippen molar-refractivity contribution >= 4 is 5.69 Å². The molecule has 4 heteroatoms. The fourth-order valence-corrected chi connectivity index (χ4v) is 2.45. The van der Waals surface area contributed by atoms with Crippen molar-refractivity contribution in [3.8, 4) is 6.07 Å². The van der Waals surface area contributed by atoms with Gasteiger partial charge in [-0.3, -0.25) is 0 Å². The standard InChI is InChI=1S/C15H20N2O2/c1-10-9-19-11(2)8-17(10)15-6-13(7-16)4-5-14(15)12(3)18/h4-6,10-12,18H,8-9H2,1-3H3. The quantitative estimate of drug-likeness (QED) is 0.886. The maximum absolute atomic E-state index is 9.91. The van der Waals surface area contributed by atoms with Gasteiger partial charge in [0, 0.05) is 23.8 Å². The summed E-state index contributed by atoms with van der Waals surface area (Å²) >= 11 is 0.